The van der Waals surface area contributed by atoms with Gasteiger partial charge in [-0.2, -0.15) is 0 Å². The van der Waals surface area contributed by atoms with Crippen LogP contribution < -0.4 is 9.46 Å². The summed E-state index contributed by atoms with van der Waals surface area (Å²) in [5.74, 6) is 0.185. The number of ether oxygens (including phenoxy) is 2. The first-order valence-electron chi connectivity index (χ1n) is 6.30. The number of esters is 1. The lowest BCUT2D eigenvalue weighted by atomic mass is 10.1. The van der Waals surface area contributed by atoms with Gasteiger partial charge in [0, 0.05) is 12.0 Å². The normalized spacial score (nSPS) is 17.4. The second kappa shape index (κ2) is 6.23. The lowest BCUT2D eigenvalue weighted by Gasteiger charge is -2.12. The van der Waals surface area contributed by atoms with E-state index in [2.05, 4.69) is 9.46 Å². The van der Waals surface area contributed by atoms with Crippen LogP contribution in [0.4, 0.5) is 0 Å². The minimum atomic E-state index is -3.45. The average Bonchev–Trinajstić information content (AvgIpc) is 2.81. The van der Waals surface area contributed by atoms with E-state index in [9.17, 15) is 13.2 Å². The number of para-hydroxylation sites is 1. The Morgan fingerprint density at radius 3 is 2.95 bits per heavy atom. The van der Waals surface area contributed by atoms with Gasteiger partial charge < -0.3 is 9.47 Å². The summed E-state index contributed by atoms with van der Waals surface area (Å²) in [6.07, 6.45) is 0.326. The number of benzene rings is 1. The van der Waals surface area contributed by atoms with E-state index in [0.717, 1.165) is 5.56 Å². The molecular formula is C13H17NO5S. The second-order valence-corrected chi connectivity index (χ2v) is 6.39. The molecule has 1 aromatic carbocycles. The Balaban J connectivity index is 1.91. The first-order valence-corrected chi connectivity index (χ1v) is 7.95. The van der Waals surface area contributed by atoms with E-state index < -0.39 is 16.0 Å². The van der Waals surface area contributed by atoms with Gasteiger partial charge in [0.25, 0.3) is 0 Å². The SMILES string of the molecule is COC(=O)CCCS(=O)(=O)NC1COc2ccccc21. The summed E-state index contributed by atoms with van der Waals surface area (Å²) < 4.78 is 36.4. The summed E-state index contributed by atoms with van der Waals surface area (Å²) in [5.41, 5.74) is 0.837. The average molecular weight is 299 g/mol. The van der Waals surface area contributed by atoms with Crippen LogP contribution >= 0.6 is 0 Å². The second-order valence-electron chi connectivity index (χ2n) is 4.52. The molecule has 0 radical (unpaired) electrons. The Hall–Kier alpha value is -1.60. The number of carbonyl (C=O) groups is 1. The fraction of sp³-hybridized carbons (Fsp3) is 0.462. The van der Waals surface area contributed by atoms with Crippen LogP contribution in [0.5, 0.6) is 5.75 Å². The molecule has 1 aromatic rings. The summed E-state index contributed by atoms with van der Waals surface area (Å²) in [6, 6.07) is 6.96. The van der Waals surface area contributed by atoms with Crippen LogP contribution in [0.2, 0.25) is 0 Å². The molecular weight excluding hydrogens is 282 g/mol. The molecule has 110 valence electrons. The lowest BCUT2D eigenvalue weighted by molar-refractivity contribution is -0.140. The molecule has 2 rings (SSSR count). The summed E-state index contributed by atoms with van der Waals surface area (Å²) in [5, 5.41) is 0. The van der Waals surface area contributed by atoms with Gasteiger partial charge in [-0.1, -0.05) is 18.2 Å². The third kappa shape index (κ3) is 3.71. The van der Waals surface area contributed by atoms with E-state index in [4.69, 9.17) is 4.74 Å². The number of hydrogen-bond donors (Lipinski definition) is 1. The zero-order valence-electron chi connectivity index (χ0n) is 11.2. The quantitative estimate of drug-likeness (QED) is 0.792. The summed E-state index contributed by atoms with van der Waals surface area (Å²) in [4.78, 5) is 10.9. The molecule has 1 N–H and O–H groups in total. The standard InChI is InChI=1S/C13H17NO5S/c1-18-13(15)7-4-8-20(16,17)14-11-9-19-12-6-3-2-5-10(11)12/h2-3,5-6,11,14H,4,7-9H2,1H3. The first kappa shape index (κ1) is 14.8. The van der Waals surface area contributed by atoms with Gasteiger partial charge in [0.05, 0.1) is 18.9 Å². The molecule has 1 heterocycles. The van der Waals surface area contributed by atoms with Gasteiger partial charge in [0.2, 0.25) is 10.0 Å². The van der Waals surface area contributed by atoms with Gasteiger partial charge in [-0.25, -0.2) is 13.1 Å². The maximum Gasteiger partial charge on any atom is 0.305 e. The number of carbonyl (C=O) groups excluding carboxylic acids is 1. The lowest BCUT2D eigenvalue weighted by Crippen LogP contribution is -2.31. The maximum atomic E-state index is 11.9. The van der Waals surface area contributed by atoms with Gasteiger partial charge in [-0.15, -0.1) is 0 Å². The van der Waals surface area contributed by atoms with Gasteiger partial charge >= 0.3 is 5.97 Å². The van der Waals surface area contributed by atoms with Gasteiger partial charge in [-0.05, 0) is 12.5 Å². The highest BCUT2D eigenvalue weighted by molar-refractivity contribution is 7.89. The van der Waals surface area contributed by atoms with E-state index in [1.165, 1.54) is 7.11 Å². The van der Waals surface area contributed by atoms with Crippen LogP contribution in [-0.2, 0) is 19.6 Å². The van der Waals surface area contributed by atoms with Crippen molar-refractivity contribution >= 4 is 16.0 Å². The number of nitrogens with one attached hydrogen (secondary N) is 1. The molecule has 7 heteroatoms. The topological polar surface area (TPSA) is 81.7 Å². The van der Waals surface area contributed by atoms with Crippen LogP contribution in [0.25, 0.3) is 0 Å². The molecule has 1 aliphatic heterocycles. The van der Waals surface area contributed by atoms with Crippen molar-refractivity contribution in [2.24, 2.45) is 0 Å². The molecule has 0 aliphatic carbocycles. The van der Waals surface area contributed by atoms with Crippen LogP contribution in [0.3, 0.4) is 0 Å². The maximum absolute atomic E-state index is 11.9. The van der Waals surface area contributed by atoms with Crippen LogP contribution in [-0.4, -0.2) is 33.9 Å². The zero-order valence-corrected chi connectivity index (χ0v) is 12.0. The predicted octanol–water partition coefficient (Wildman–Crippen LogP) is 0.993. The highest BCUT2D eigenvalue weighted by atomic mass is 32.2. The third-order valence-electron chi connectivity index (χ3n) is 3.04. The monoisotopic (exact) mass is 299 g/mol. The van der Waals surface area contributed by atoms with E-state index >= 15 is 0 Å². The molecule has 6 nitrogen and oxygen atoms in total. The Morgan fingerprint density at radius 2 is 2.20 bits per heavy atom. The number of rotatable bonds is 6. The van der Waals surface area contributed by atoms with Gasteiger partial charge in [0.1, 0.15) is 12.4 Å². The molecule has 0 fully saturated rings. The van der Waals surface area contributed by atoms with E-state index in [1.807, 2.05) is 18.2 Å². The summed E-state index contributed by atoms with van der Waals surface area (Å²) in [6.45, 7) is 0.287. The smallest absolute Gasteiger partial charge is 0.305 e. The molecule has 1 atom stereocenters. The fourth-order valence-electron chi connectivity index (χ4n) is 2.04. The Morgan fingerprint density at radius 1 is 1.45 bits per heavy atom. The Bertz CT molecular complexity index is 584. The molecule has 1 aliphatic rings. The van der Waals surface area contributed by atoms with Gasteiger partial charge in [-0.3, -0.25) is 4.79 Å². The van der Waals surface area contributed by atoms with Gasteiger partial charge in [0.15, 0.2) is 0 Å². The number of hydrogen-bond acceptors (Lipinski definition) is 5. The minimum Gasteiger partial charge on any atom is -0.491 e. The largest absolute Gasteiger partial charge is 0.491 e. The van der Waals surface area contributed by atoms with E-state index in [-0.39, 0.29) is 31.2 Å². The van der Waals surface area contributed by atoms with Crippen LogP contribution in [0.1, 0.15) is 24.4 Å². The molecule has 0 bridgehead atoms. The number of sulfonamides is 1. The molecule has 0 amide bonds. The summed E-state index contributed by atoms with van der Waals surface area (Å²) >= 11 is 0. The van der Waals surface area contributed by atoms with Crippen LogP contribution in [0, 0.1) is 0 Å². The molecule has 0 spiro atoms. The van der Waals surface area contributed by atoms with Crippen molar-refractivity contribution in [3.63, 3.8) is 0 Å². The molecule has 1 unspecified atom stereocenters. The zero-order chi connectivity index (χ0) is 14.6. The predicted molar refractivity (Wildman–Crippen MR) is 72.9 cm³/mol. The van der Waals surface area contributed by atoms with Crippen molar-refractivity contribution in [2.75, 3.05) is 19.5 Å². The molecule has 0 saturated heterocycles. The van der Waals surface area contributed by atoms with Crippen molar-refractivity contribution < 1.29 is 22.7 Å². The highest BCUT2D eigenvalue weighted by Crippen LogP contribution is 2.32. The third-order valence-corrected chi connectivity index (χ3v) is 4.51. The van der Waals surface area contributed by atoms with Crippen molar-refractivity contribution in [1.82, 2.24) is 4.72 Å². The summed E-state index contributed by atoms with van der Waals surface area (Å²) in [7, 11) is -2.17. The number of methoxy groups -OCH3 is 1. The molecule has 20 heavy (non-hydrogen) atoms. The van der Waals surface area contributed by atoms with Crippen LogP contribution in [0.15, 0.2) is 24.3 Å². The van der Waals surface area contributed by atoms with Crippen molar-refractivity contribution in [1.29, 1.82) is 0 Å². The van der Waals surface area contributed by atoms with E-state index in [0.29, 0.717) is 5.75 Å². The van der Waals surface area contributed by atoms with Crippen molar-refractivity contribution in [3.8, 4) is 5.75 Å². The van der Waals surface area contributed by atoms with Crippen molar-refractivity contribution in [2.45, 2.75) is 18.9 Å². The first-order chi connectivity index (χ1) is 9.52. The molecule has 0 saturated carbocycles. The van der Waals surface area contributed by atoms with E-state index in [1.54, 1.807) is 6.07 Å². The number of fused-ring (bicyclic) bond motifs is 1. The minimum absolute atomic E-state index is 0.0924. The van der Waals surface area contributed by atoms with Crippen molar-refractivity contribution in [3.05, 3.63) is 29.8 Å². The fourth-order valence-corrected chi connectivity index (χ4v) is 3.32. The highest BCUT2D eigenvalue weighted by Gasteiger charge is 2.27. The Kier molecular flexibility index (Phi) is 4.61. The Labute approximate surface area is 118 Å². The molecule has 0 aromatic heterocycles.